The third-order valence-corrected chi connectivity index (χ3v) is 5.61. The molecule has 0 atom stereocenters. The normalized spacial score (nSPS) is 12.2. The van der Waals surface area contributed by atoms with Crippen LogP contribution in [0.1, 0.15) is 30.5 Å². The molecule has 0 saturated heterocycles. The lowest BCUT2D eigenvalue weighted by molar-refractivity contribution is 0.861. The lowest BCUT2D eigenvalue weighted by Crippen LogP contribution is -2.24. The fourth-order valence-electron chi connectivity index (χ4n) is 4.07. The summed E-state index contributed by atoms with van der Waals surface area (Å²) < 4.78 is 0. The molecule has 3 heteroatoms. The number of nitrogens with one attached hydrogen (secondary N) is 1. The molecule has 1 heterocycles. The molecule has 0 aromatic heterocycles. The van der Waals surface area contributed by atoms with Crippen molar-refractivity contribution in [1.82, 2.24) is 0 Å². The Labute approximate surface area is 168 Å². The monoisotopic (exact) mass is 371 g/mol. The lowest BCUT2D eigenvalue weighted by atomic mass is 10.0. The second-order valence-corrected chi connectivity index (χ2v) is 7.64. The maximum Gasteiger partial charge on any atom is 0.0718 e. The Morgan fingerprint density at radius 1 is 0.750 bits per heavy atom. The van der Waals surface area contributed by atoms with E-state index in [1.165, 1.54) is 39.4 Å². The van der Waals surface area contributed by atoms with Crippen molar-refractivity contribution in [2.75, 3.05) is 28.2 Å². The van der Waals surface area contributed by atoms with Crippen molar-refractivity contribution in [2.45, 2.75) is 34.6 Å². The molecule has 1 aliphatic rings. The molecule has 0 radical (unpaired) electrons. The first-order valence-electron chi connectivity index (χ1n) is 10.2. The molecule has 3 aromatic carbocycles. The number of hydrogen-bond acceptors (Lipinski definition) is 3. The number of nitrogens with zero attached hydrogens (tertiary/aromatic N) is 2. The number of aryl methyl sites for hydroxylation is 3. The van der Waals surface area contributed by atoms with Crippen LogP contribution in [0.4, 0.5) is 34.1 Å². The van der Waals surface area contributed by atoms with Gasteiger partial charge in [-0.3, -0.25) is 0 Å². The lowest BCUT2D eigenvalue weighted by Gasteiger charge is -2.36. The van der Waals surface area contributed by atoms with E-state index in [1.807, 2.05) is 0 Å². The topological polar surface area (TPSA) is 18.5 Å². The second-order valence-electron chi connectivity index (χ2n) is 7.64. The Bertz CT molecular complexity index is 1000. The molecule has 0 aliphatic carbocycles. The van der Waals surface area contributed by atoms with E-state index in [-0.39, 0.29) is 0 Å². The van der Waals surface area contributed by atoms with E-state index in [2.05, 4.69) is 104 Å². The van der Waals surface area contributed by atoms with Crippen molar-refractivity contribution in [1.29, 1.82) is 0 Å². The van der Waals surface area contributed by atoms with E-state index in [4.69, 9.17) is 0 Å². The molecule has 3 aromatic rings. The summed E-state index contributed by atoms with van der Waals surface area (Å²) in [6, 6.07) is 20.1. The zero-order valence-electron chi connectivity index (χ0n) is 17.5. The largest absolute Gasteiger partial charge is 0.372 e. The van der Waals surface area contributed by atoms with Crippen LogP contribution in [0.5, 0.6) is 0 Å². The van der Waals surface area contributed by atoms with Crippen LogP contribution in [0.2, 0.25) is 0 Å². The smallest absolute Gasteiger partial charge is 0.0718 e. The number of anilines is 6. The molecule has 4 rings (SSSR count). The van der Waals surface area contributed by atoms with Gasteiger partial charge in [-0.25, -0.2) is 0 Å². The van der Waals surface area contributed by atoms with Crippen LogP contribution in [-0.4, -0.2) is 13.1 Å². The van der Waals surface area contributed by atoms with Gasteiger partial charge in [-0.05, 0) is 82.1 Å². The maximum atomic E-state index is 3.68. The molecular weight excluding hydrogens is 342 g/mol. The summed E-state index contributed by atoms with van der Waals surface area (Å²) in [5, 5.41) is 3.68. The van der Waals surface area contributed by atoms with E-state index in [9.17, 15) is 0 Å². The van der Waals surface area contributed by atoms with Crippen LogP contribution in [0.3, 0.4) is 0 Å². The van der Waals surface area contributed by atoms with Crippen molar-refractivity contribution in [3.63, 3.8) is 0 Å². The average molecular weight is 372 g/mol. The van der Waals surface area contributed by atoms with Crippen LogP contribution in [0.25, 0.3) is 0 Å². The minimum atomic E-state index is 1.00. The van der Waals surface area contributed by atoms with Crippen LogP contribution >= 0.6 is 0 Å². The fraction of sp³-hybridized carbons (Fsp3) is 0.280. The number of fused-ring (bicyclic) bond motifs is 2. The molecule has 28 heavy (non-hydrogen) atoms. The van der Waals surface area contributed by atoms with Gasteiger partial charge < -0.3 is 15.1 Å². The first-order chi connectivity index (χ1) is 13.5. The van der Waals surface area contributed by atoms with Gasteiger partial charge in [0.2, 0.25) is 0 Å². The Kier molecular flexibility index (Phi) is 4.76. The molecule has 0 spiro atoms. The molecule has 1 aliphatic heterocycles. The molecule has 0 bridgehead atoms. The third-order valence-electron chi connectivity index (χ3n) is 5.61. The zero-order chi connectivity index (χ0) is 19.8. The van der Waals surface area contributed by atoms with Gasteiger partial charge in [0.25, 0.3) is 0 Å². The van der Waals surface area contributed by atoms with Gasteiger partial charge in [-0.2, -0.15) is 0 Å². The fourth-order valence-corrected chi connectivity index (χ4v) is 4.07. The quantitative estimate of drug-likeness (QED) is 0.417. The summed E-state index contributed by atoms with van der Waals surface area (Å²) in [6.45, 7) is 12.9. The van der Waals surface area contributed by atoms with Crippen molar-refractivity contribution < 1.29 is 0 Å². The maximum absolute atomic E-state index is 3.68. The summed E-state index contributed by atoms with van der Waals surface area (Å²) in [6.07, 6.45) is 0. The molecule has 0 fully saturated rings. The predicted octanol–water partition coefficient (Wildman–Crippen LogP) is 6.98. The Balaban J connectivity index is 1.94. The highest BCUT2D eigenvalue weighted by Crippen LogP contribution is 2.49. The minimum absolute atomic E-state index is 1.00. The second kappa shape index (κ2) is 7.23. The van der Waals surface area contributed by atoms with Gasteiger partial charge in [0.05, 0.1) is 22.7 Å². The standard InChI is InChI=1S/C25H29N3/c1-6-27(7-2)24-16-25-22(15-19(24)5)26-21-14-18(4)10-13-23(21)28(25)20-11-8-17(3)9-12-20/h8-16,26H,6-7H2,1-5H3. The van der Waals surface area contributed by atoms with Crippen molar-refractivity contribution in [2.24, 2.45) is 0 Å². The Hall–Kier alpha value is -2.94. The number of benzene rings is 3. The number of hydrogen-bond donors (Lipinski definition) is 1. The van der Waals surface area contributed by atoms with Crippen molar-refractivity contribution in [3.05, 3.63) is 71.3 Å². The highest BCUT2D eigenvalue weighted by Gasteiger charge is 2.25. The Morgan fingerprint density at radius 2 is 1.39 bits per heavy atom. The summed E-state index contributed by atoms with van der Waals surface area (Å²) in [5.41, 5.74) is 11.0. The van der Waals surface area contributed by atoms with Crippen LogP contribution < -0.4 is 15.1 Å². The Morgan fingerprint density at radius 3 is 2.07 bits per heavy atom. The summed E-state index contributed by atoms with van der Waals surface area (Å²) >= 11 is 0. The molecule has 1 N–H and O–H groups in total. The van der Waals surface area contributed by atoms with Gasteiger partial charge in [-0.15, -0.1) is 0 Å². The summed E-state index contributed by atoms with van der Waals surface area (Å²) in [7, 11) is 0. The molecule has 0 unspecified atom stereocenters. The van der Waals surface area contributed by atoms with Gasteiger partial charge in [-0.1, -0.05) is 23.8 Å². The van der Waals surface area contributed by atoms with E-state index in [0.717, 1.165) is 24.5 Å². The van der Waals surface area contributed by atoms with Crippen LogP contribution in [-0.2, 0) is 0 Å². The van der Waals surface area contributed by atoms with Crippen molar-refractivity contribution >= 4 is 34.1 Å². The van der Waals surface area contributed by atoms with Crippen LogP contribution in [0.15, 0.2) is 54.6 Å². The molecule has 3 nitrogen and oxygen atoms in total. The summed E-state index contributed by atoms with van der Waals surface area (Å²) in [5.74, 6) is 0. The van der Waals surface area contributed by atoms with Gasteiger partial charge in [0.1, 0.15) is 0 Å². The van der Waals surface area contributed by atoms with Crippen LogP contribution in [0, 0.1) is 20.8 Å². The van der Waals surface area contributed by atoms with Gasteiger partial charge in [0, 0.05) is 24.5 Å². The molecule has 0 saturated carbocycles. The van der Waals surface area contributed by atoms with E-state index >= 15 is 0 Å². The molecular formula is C25H29N3. The van der Waals surface area contributed by atoms with E-state index in [1.54, 1.807) is 0 Å². The van der Waals surface area contributed by atoms with E-state index < -0.39 is 0 Å². The molecule has 144 valence electrons. The van der Waals surface area contributed by atoms with Gasteiger partial charge >= 0.3 is 0 Å². The highest BCUT2D eigenvalue weighted by molar-refractivity contribution is 5.98. The van der Waals surface area contributed by atoms with Gasteiger partial charge in [0.15, 0.2) is 0 Å². The summed E-state index contributed by atoms with van der Waals surface area (Å²) in [4.78, 5) is 4.81. The first-order valence-corrected chi connectivity index (χ1v) is 10.2. The van der Waals surface area contributed by atoms with E-state index in [0.29, 0.717) is 0 Å². The third kappa shape index (κ3) is 3.11. The minimum Gasteiger partial charge on any atom is -0.372 e. The number of rotatable bonds is 4. The predicted molar refractivity (Wildman–Crippen MR) is 122 cm³/mol. The SMILES string of the molecule is CCN(CC)c1cc2c(cc1C)Nc1cc(C)ccc1N2c1ccc(C)cc1. The highest BCUT2D eigenvalue weighted by atomic mass is 15.2. The molecule has 0 amide bonds. The zero-order valence-corrected chi connectivity index (χ0v) is 17.5. The first kappa shape index (κ1) is 18.4. The average Bonchev–Trinajstić information content (AvgIpc) is 2.68. The van der Waals surface area contributed by atoms with Crippen molar-refractivity contribution in [3.8, 4) is 0 Å².